The Balaban J connectivity index is 2.49. The van der Waals surface area contributed by atoms with Crippen molar-refractivity contribution in [1.29, 1.82) is 0 Å². The lowest BCUT2D eigenvalue weighted by molar-refractivity contribution is -0.142. The van der Waals surface area contributed by atoms with Gasteiger partial charge in [0.15, 0.2) is 5.65 Å². The summed E-state index contributed by atoms with van der Waals surface area (Å²) in [5, 5.41) is 0. The van der Waals surface area contributed by atoms with E-state index in [0.717, 1.165) is 0 Å². The minimum atomic E-state index is -0.461. The highest BCUT2D eigenvalue weighted by atomic mass is 16.5. The van der Waals surface area contributed by atoms with Crippen LogP contribution in [0.2, 0.25) is 0 Å². The summed E-state index contributed by atoms with van der Waals surface area (Å²) in [6.07, 6.45) is 1.46. The zero-order chi connectivity index (χ0) is 13.1. The maximum Gasteiger partial charge on any atom is 0.312 e. The van der Waals surface area contributed by atoms with Gasteiger partial charge in [-0.1, -0.05) is 0 Å². The van der Waals surface area contributed by atoms with E-state index < -0.39 is 5.97 Å². The van der Waals surface area contributed by atoms with Crippen molar-refractivity contribution >= 4 is 17.1 Å². The van der Waals surface area contributed by atoms with Crippen molar-refractivity contribution in [1.82, 2.24) is 14.5 Å². The highest BCUT2D eigenvalue weighted by molar-refractivity contribution is 5.74. The predicted molar refractivity (Wildman–Crippen MR) is 65.1 cm³/mol. The molecule has 0 spiro atoms. The molecule has 0 radical (unpaired) electrons. The summed E-state index contributed by atoms with van der Waals surface area (Å²) in [6, 6.07) is 3.49. The van der Waals surface area contributed by atoms with Gasteiger partial charge in [-0.3, -0.25) is 9.59 Å². The van der Waals surface area contributed by atoms with Gasteiger partial charge >= 0.3 is 5.97 Å². The third-order valence-electron chi connectivity index (χ3n) is 2.54. The number of hydrogen-bond acceptors (Lipinski definition) is 5. The van der Waals surface area contributed by atoms with Crippen molar-refractivity contribution in [2.75, 3.05) is 6.61 Å². The number of ether oxygens (including phenoxy) is 1. The van der Waals surface area contributed by atoms with Crippen molar-refractivity contribution in [2.24, 2.45) is 7.05 Å². The molecular weight excluding hydrogens is 234 g/mol. The molecule has 0 saturated carbocycles. The van der Waals surface area contributed by atoms with Crippen molar-refractivity contribution in [2.45, 2.75) is 13.3 Å². The number of hydrogen-bond donors (Lipinski definition) is 0. The van der Waals surface area contributed by atoms with Gasteiger partial charge in [0.1, 0.15) is 5.69 Å². The van der Waals surface area contributed by atoms with Gasteiger partial charge in [-0.05, 0) is 19.1 Å². The number of aromatic nitrogens is 3. The first-order valence-electron chi connectivity index (χ1n) is 5.59. The standard InChI is InChI=1S/C12H13N3O3/c1-3-18-10(16)7-8-12(17)15(2)9-5-4-6-13-11(9)14-8/h4-6H,3,7H2,1-2H3. The quantitative estimate of drug-likeness (QED) is 0.735. The predicted octanol–water partition coefficient (Wildman–Crippen LogP) is 0.434. The van der Waals surface area contributed by atoms with Gasteiger partial charge in [-0.25, -0.2) is 9.97 Å². The molecule has 6 heteroatoms. The number of esters is 1. The Kier molecular flexibility index (Phi) is 3.36. The maximum absolute atomic E-state index is 12.0. The van der Waals surface area contributed by atoms with Gasteiger partial charge in [0, 0.05) is 13.2 Å². The summed E-state index contributed by atoms with van der Waals surface area (Å²) in [5.74, 6) is -0.461. The molecule has 2 rings (SSSR count). The number of carbonyl (C=O) groups is 1. The Morgan fingerprint density at radius 1 is 1.50 bits per heavy atom. The lowest BCUT2D eigenvalue weighted by atomic mass is 10.3. The van der Waals surface area contributed by atoms with Gasteiger partial charge < -0.3 is 9.30 Å². The largest absolute Gasteiger partial charge is 0.466 e. The first-order valence-corrected chi connectivity index (χ1v) is 5.59. The molecule has 0 fully saturated rings. The molecule has 0 N–H and O–H groups in total. The Labute approximate surface area is 103 Å². The van der Waals surface area contributed by atoms with Crippen LogP contribution in [0.3, 0.4) is 0 Å². The van der Waals surface area contributed by atoms with Crippen LogP contribution in [-0.4, -0.2) is 27.1 Å². The molecular formula is C12H13N3O3. The third-order valence-corrected chi connectivity index (χ3v) is 2.54. The molecule has 6 nitrogen and oxygen atoms in total. The van der Waals surface area contributed by atoms with Crippen LogP contribution >= 0.6 is 0 Å². The van der Waals surface area contributed by atoms with Crippen LogP contribution in [0.5, 0.6) is 0 Å². The average molecular weight is 247 g/mol. The average Bonchev–Trinajstić information content (AvgIpc) is 2.36. The van der Waals surface area contributed by atoms with E-state index in [4.69, 9.17) is 4.74 Å². The fourth-order valence-electron chi connectivity index (χ4n) is 1.68. The summed E-state index contributed by atoms with van der Waals surface area (Å²) < 4.78 is 6.24. The van der Waals surface area contributed by atoms with Gasteiger partial charge in [-0.2, -0.15) is 0 Å². The van der Waals surface area contributed by atoms with Gasteiger partial charge in [0.05, 0.1) is 18.5 Å². The Morgan fingerprint density at radius 2 is 2.28 bits per heavy atom. The molecule has 0 unspecified atom stereocenters. The van der Waals surface area contributed by atoms with Crippen LogP contribution in [-0.2, 0) is 23.0 Å². The molecule has 2 aromatic rings. The van der Waals surface area contributed by atoms with Gasteiger partial charge in [-0.15, -0.1) is 0 Å². The highest BCUT2D eigenvalue weighted by Gasteiger charge is 2.13. The van der Waals surface area contributed by atoms with Gasteiger partial charge in [0.2, 0.25) is 0 Å². The molecule has 2 aromatic heterocycles. The van der Waals surface area contributed by atoms with Crippen LogP contribution in [0.15, 0.2) is 23.1 Å². The molecule has 0 aromatic carbocycles. The molecule has 0 aliphatic rings. The second kappa shape index (κ2) is 4.95. The van der Waals surface area contributed by atoms with Crippen LogP contribution in [0.1, 0.15) is 12.6 Å². The molecule has 0 atom stereocenters. The van der Waals surface area contributed by atoms with Crippen LogP contribution in [0.25, 0.3) is 11.2 Å². The first-order chi connectivity index (χ1) is 8.63. The third kappa shape index (κ3) is 2.22. The van der Waals surface area contributed by atoms with Crippen molar-refractivity contribution in [3.63, 3.8) is 0 Å². The lowest BCUT2D eigenvalue weighted by Gasteiger charge is -2.06. The number of nitrogens with zero attached hydrogens (tertiary/aromatic N) is 3. The Morgan fingerprint density at radius 3 is 3.00 bits per heavy atom. The number of carbonyl (C=O) groups excluding carboxylic acids is 1. The molecule has 18 heavy (non-hydrogen) atoms. The van der Waals surface area contributed by atoms with E-state index in [2.05, 4.69) is 9.97 Å². The monoisotopic (exact) mass is 247 g/mol. The molecule has 0 aliphatic carbocycles. The summed E-state index contributed by atoms with van der Waals surface area (Å²) >= 11 is 0. The van der Waals surface area contributed by atoms with Crippen molar-refractivity contribution in [3.05, 3.63) is 34.4 Å². The van der Waals surface area contributed by atoms with Gasteiger partial charge in [0.25, 0.3) is 5.56 Å². The lowest BCUT2D eigenvalue weighted by Crippen LogP contribution is -2.26. The molecule has 0 saturated heterocycles. The number of fused-ring (bicyclic) bond motifs is 1. The molecule has 0 amide bonds. The van der Waals surface area contributed by atoms with E-state index in [-0.39, 0.29) is 24.3 Å². The van der Waals surface area contributed by atoms with E-state index in [0.29, 0.717) is 11.2 Å². The zero-order valence-electron chi connectivity index (χ0n) is 10.2. The number of aryl methyl sites for hydroxylation is 1. The van der Waals surface area contributed by atoms with E-state index in [9.17, 15) is 9.59 Å². The fourth-order valence-corrected chi connectivity index (χ4v) is 1.68. The second-order valence-corrected chi connectivity index (χ2v) is 3.75. The maximum atomic E-state index is 12.0. The minimum Gasteiger partial charge on any atom is -0.466 e. The first kappa shape index (κ1) is 12.2. The van der Waals surface area contributed by atoms with E-state index >= 15 is 0 Å². The zero-order valence-corrected chi connectivity index (χ0v) is 10.2. The summed E-state index contributed by atoms with van der Waals surface area (Å²) in [7, 11) is 1.63. The smallest absolute Gasteiger partial charge is 0.312 e. The Bertz CT molecular complexity index is 649. The van der Waals surface area contributed by atoms with E-state index in [1.165, 1.54) is 4.57 Å². The van der Waals surface area contributed by atoms with Crippen molar-refractivity contribution < 1.29 is 9.53 Å². The van der Waals surface area contributed by atoms with E-state index in [1.807, 2.05) is 0 Å². The molecule has 2 heterocycles. The number of rotatable bonds is 3. The van der Waals surface area contributed by atoms with Crippen LogP contribution in [0.4, 0.5) is 0 Å². The summed E-state index contributed by atoms with van der Waals surface area (Å²) in [4.78, 5) is 31.6. The molecule has 94 valence electrons. The summed E-state index contributed by atoms with van der Waals surface area (Å²) in [5.41, 5.74) is 0.930. The fraction of sp³-hybridized carbons (Fsp3) is 0.333. The second-order valence-electron chi connectivity index (χ2n) is 3.75. The number of pyridine rings is 1. The normalized spacial score (nSPS) is 10.6. The summed E-state index contributed by atoms with van der Waals surface area (Å²) in [6.45, 7) is 2.00. The van der Waals surface area contributed by atoms with Crippen molar-refractivity contribution in [3.8, 4) is 0 Å². The SMILES string of the molecule is CCOC(=O)Cc1nc2ncccc2n(C)c1=O. The van der Waals surface area contributed by atoms with Crippen LogP contribution in [0, 0.1) is 0 Å². The van der Waals surface area contributed by atoms with Crippen LogP contribution < -0.4 is 5.56 Å². The topological polar surface area (TPSA) is 74.1 Å². The Hall–Kier alpha value is -2.24. The highest BCUT2D eigenvalue weighted by Crippen LogP contribution is 2.05. The molecule has 0 bridgehead atoms. The minimum absolute atomic E-state index is 0.132. The molecule has 0 aliphatic heterocycles. The van der Waals surface area contributed by atoms with E-state index in [1.54, 1.807) is 32.3 Å².